The van der Waals surface area contributed by atoms with Crippen molar-refractivity contribution in [2.75, 3.05) is 12.4 Å². The Labute approximate surface area is 222 Å². The fourth-order valence-electron chi connectivity index (χ4n) is 4.51. The number of carbonyl (C=O) groups excluding carboxylic acids is 2. The van der Waals surface area contributed by atoms with Gasteiger partial charge in [-0.15, -0.1) is 11.3 Å². The molecule has 0 radical (unpaired) electrons. The third kappa shape index (κ3) is 5.12. The number of anilines is 1. The molecule has 2 aromatic carbocycles. The third-order valence-corrected chi connectivity index (χ3v) is 8.69. The summed E-state index contributed by atoms with van der Waals surface area (Å²) in [6.07, 6.45) is 2.44. The van der Waals surface area contributed by atoms with Crippen molar-refractivity contribution in [2.45, 2.75) is 42.4 Å². The molecule has 2 heterocycles. The first-order valence-electron chi connectivity index (χ1n) is 11.9. The van der Waals surface area contributed by atoms with Crippen molar-refractivity contribution in [3.63, 3.8) is 0 Å². The number of carbonyl (C=O) groups is 2. The molecule has 4 aromatic rings. The van der Waals surface area contributed by atoms with Crippen molar-refractivity contribution in [3.8, 4) is 11.6 Å². The molecule has 5 rings (SSSR count). The van der Waals surface area contributed by atoms with Crippen LogP contribution in [-0.4, -0.2) is 29.5 Å². The Balaban J connectivity index is 1.37. The van der Waals surface area contributed by atoms with E-state index in [9.17, 15) is 14.7 Å². The van der Waals surface area contributed by atoms with Gasteiger partial charge in [0.1, 0.15) is 5.00 Å². The highest BCUT2D eigenvalue weighted by molar-refractivity contribution is 8.00. The van der Waals surface area contributed by atoms with Crippen LogP contribution in [-0.2, 0) is 22.4 Å². The van der Waals surface area contributed by atoms with Crippen LogP contribution in [0.4, 0.5) is 5.00 Å². The first-order valence-corrected chi connectivity index (χ1v) is 13.6. The summed E-state index contributed by atoms with van der Waals surface area (Å²) >= 11 is 2.47. The van der Waals surface area contributed by atoms with Gasteiger partial charge in [0.15, 0.2) is 5.95 Å². The summed E-state index contributed by atoms with van der Waals surface area (Å²) in [6.45, 7) is 1.69. The Hall–Kier alpha value is -3.63. The summed E-state index contributed by atoms with van der Waals surface area (Å²) in [7, 11) is 1.34. The van der Waals surface area contributed by atoms with E-state index in [4.69, 9.17) is 9.26 Å². The van der Waals surface area contributed by atoms with Gasteiger partial charge in [0.25, 0.3) is 5.03 Å². The molecule has 0 saturated carbocycles. The van der Waals surface area contributed by atoms with E-state index in [2.05, 4.69) is 22.7 Å². The number of nitrogens with one attached hydrogen (secondary N) is 1. The monoisotopic (exact) mass is 535 g/mol. The average Bonchev–Trinajstić information content (AvgIpc) is 3.48. The highest BCUT2D eigenvalue weighted by Gasteiger charge is 2.32. The van der Waals surface area contributed by atoms with Crippen molar-refractivity contribution in [1.29, 1.82) is 0 Å². The number of benzene rings is 2. The van der Waals surface area contributed by atoms with Crippen molar-refractivity contribution in [3.05, 3.63) is 82.2 Å². The zero-order chi connectivity index (χ0) is 25.9. The second kappa shape index (κ2) is 10.8. The number of hydrogen-bond donors (Lipinski definition) is 1. The Morgan fingerprint density at radius 3 is 2.59 bits per heavy atom. The van der Waals surface area contributed by atoms with E-state index in [0.717, 1.165) is 41.5 Å². The number of aromatic nitrogens is 2. The van der Waals surface area contributed by atoms with Gasteiger partial charge in [-0.05, 0) is 59.7 Å². The summed E-state index contributed by atoms with van der Waals surface area (Å²) in [4.78, 5) is 27.0. The van der Waals surface area contributed by atoms with E-state index in [-0.39, 0.29) is 10.9 Å². The standard InChI is InChI=1S/C27H25N3O5S2/c1-16(36-25-27(33)35-29-30(25)19-11-7-4-8-12-19)23(31)28-24-22(26(32)34-2)20-14-13-18(15-21(20)37-24)17-9-5-3-6-10-17/h3-12,16,18H,13-15H2,1-2H3,(H-,28,29,31,32,33). The molecule has 190 valence electrons. The van der Waals surface area contributed by atoms with Gasteiger partial charge in [-0.25, -0.2) is 4.79 Å². The molecule has 2 unspecified atom stereocenters. The summed E-state index contributed by atoms with van der Waals surface area (Å²) in [5, 5.41) is 19.1. The lowest BCUT2D eigenvalue weighted by molar-refractivity contribution is -0.705. The Kier molecular flexibility index (Phi) is 7.29. The number of thiophene rings is 1. The van der Waals surface area contributed by atoms with Gasteiger partial charge in [0.2, 0.25) is 11.6 Å². The summed E-state index contributed by atoms with van der Waals surface area (Å²) in [6, 6.07) is 19.4. The van der Waals surface area contributed by atoms with Crippen molar-refractivity contribution in [1.82, 2.24) is 5.27 Å². The number of thioether (sulfide) groups is 1. The molecule has 0 spiro atoms. The van der Waals surface area contributed by atoms with E-state index >= 15 is 0 Å². The molecule has 0 aliphatic heterocycles. The molecule has 1 amide bonds. The van der Waals surface area contributed by atoms with E-state index in [0.29, 0.717) is 22.2 Å². The number of ether oxygens (including phenoxy) is 1. The summed E-state index contributed by atoms with van der Waals surface area (Å²) in [5.41, 5.74) is 3.29. The van der Waals surface area contributed by atoms with Crippen LogP contribution in [0.3, 0.4) is 0 Å². The molecular weight excluding hydrogens is 510 g/mol. The second-order valence-corrected chi connectivity index (χ2v) is 11.1. The number of amides is 1. The van der Waals surface area contributed by atoms with Crippen LogP contribution in [0.2, 0.25) is 0 Å². The van der Waals surface area contributed by atoms with Crippen LogP contribution < -0.4 is 15.1 Å². The highest BCUT2D eigenvalue weighted by Crippen LogP contribution is 2.43. The lowest BCUT2D eigenvalue weighted by atomic mass is 9.83. The van der Waals surface area contributed by atoms with Gasteiger partial charge >= 0.3 is 5.97 Å². The van der Waals surface area contributed by atoms with Gasteiger partial charge in [-0.1, -0.05) is 48.5 Å². The molecular formula is C27H25N3O5S2. The average molecular weight is 536 g/mol. The van der Waals surface area contributed by atoms with E-state index < -0.39 is 17.2 Å². The number of nitrogens with zero attached hydrogens (tertiary/aromatic N) is 2. The Bertz CT molecular complexity index is 1420. The van der Waals surface area contributed by atoms with Gasteiger partial charge < -0.3 is 19.7 Å². The largest absolute Gasteiger partial charge is 0.538 e. The van der Waals surface area contributed by atoms with Gasteiger partial charge in [-0.3, -0.25) is 4.79 Å². The van der Waals surface area contributed by atoms with E-state index in [1.54, 1.807) is 19.1 Å². The Morgan fingerprint density at radius 1 is 1.19 bits per heavy atom. The maximum Gasteiger partial charge on any atom is 0.341 e. The van der Waals surface area contributed by atoms with Crippen molar-refractivity contribution in [2.24, 2.45) is 0 Å². The number of esters is 1. The number of rotatable bonds is 7. The molecule has 2 atom stereocenters. The minimum atomic E-state index is -0.663. The van der Waals surface area contributed by atoms with Crippen molar-refractivity contribution >= 4 is 40.0 Å². The molecule has 10 heteroatoms. The van der Waals surface area contributed by atoms with Gasteiger partial charge in [0, 0.05) is 17.0 Å². The van der Waals surface area contributed by atoms with Gasteiger partial charge in [-0.2, -0.15) is 0 Å². The molecule has 1 N–H and O–H groups in total. The maximum atomic E-state index is 13.2. The highest BCUT2D eigenvalue weighted by atomic mass is 32.2. The molecule has 0 saturated heterocycles. The summed E-state index contributed by atoms with van der Waals surface area (Å²) in [5.74, 6) is -1.07. The lowest BCUT2D eigenvalue weighted by Gasteiger charge is -2.22. The van der Waals surface area contributed by atoms with E-state index in [1.165, 1.54) is 28.7 Å². The van der Waals surface area contributed by atoms with Crippen LogP contribution in [0.5, 0.6) is 5.95 Å². The third-order valence-electron chi connectivity index (χ3n) is 6.39. The van der Waals surface area contributed by atoms with Crippen LogP contribution in [0.15, 0.2) is 70.2 Å². The second-order valence-electron chi connectivity index (χ2n) is 8.71. The van der Waals surface area contributed by atoms with Crippen LogP contribution >= 0.6 is 23.1 Å². The predicted octanol–water partition coefficient (Wildman–Crippen LogP) is 4.26. The van der Waals surface area contributed by atoms with Crippen LogP contribution in [0.1, 0.15) is 45.6 Å². The normalized spacial score (nSPS) is 15.6. The topological polar surface area (TPSA) is 108 Å². The molecule has 0 bridgehead atoms. The first-order chi connectivity index (χ1) is 18.0. The van der Waals surface area contributed by atoms with E-state index in [1.807, 2.05) is 36.4 Å². The zero-order valence-electron chi connectivity index (χ0n) is 20.3. The lowest BCUT2D eigenvalue weighted by Crippen LogP contribution is -2.36. The number of hydrogen-bond acceptors (Lipinski definition) is 8. The minimum Gasteiger partial charge on any atom is -0.538 e. The van der Waals surface area contributed by atoms with Crippen LogP contribution in [0.25, 0.3) is 5.69 Å². The molecule has 1 aliphatic rings. The number of methoxy groups -OCH3 is 1. The molecule has 2 aromatic heterocycles. The molecule has 0 fully saturated rings. The quantitative estimate of drug-likeness (QED) is 0.214. The Morgan fingerprint density at radius 2 is 1.89 bits per heavy atom. The minimum absolute atomic E-state index is 0.193. The van der Waals surface area contributed by atoms with Crippen LogP contribution in [0, 0.1) is 0 Å². The number of para-hydroxylation sites is 1. The smallest absolute Gasteiger partial charge is 0.341 e. The SMILES string of the molecule is COC(=O)c1c(NC(=O)C(C)Sc2c([O-])on[n+]2-c2ccccc2)sc2c1CCC(c1ccccc1)C2. The molecule has 8 nitrogen and oxygen atoms in total. The molecule has 37 heavy (non-hydrogen) atoms. The zero-order valence-corrected chi connectivity index (χ0v) is 21.9. The van der Waals surface area contributed by atoms with Crippen molar-refractivity contribution < 1.29 is 28.6 Å². The number of fused-ring (bicyclic) bond motifs is 1. The van der Waals surface area contributed by atoms with Gasteiger partial charge in [0.05, 0.1) is 23.2 Å². The maximum absolute atomic E-state index is 13.2. The summed E-state index contributed by atoms with van der Waals surface area (Å²) < 4.78 is 11.3. The molecule has 1 aliphatic carbocycles. The fourth-order valence-corrected chi connectivity index (χ4v) is 6.70. The predicted molar refractivity (Wildman–Crippen MR) is 138 cm³/mol. The first kappa shape index (κ1) is 25.0. The fraction of sp³-hybridized carbons (Fsp3) is 0.259.